The summed E-state index contributed by atoms with van der Waals surface area (Å²) < 4.78 is 5.40. The molecule has 1 aliphatic rings. The molecule has 2 heterocycles. The van der Waals surface area contributed by atoms with Crippen LogP contribution in [-0.2, 0) is 11.3 Å². The minimum atomic E-state index is -0.170. The van der Waals surface area contributed by atoms with Crippen molar-refractivity contribution in [3.63, 3.8) is 0 Å². The van der Waals surface area contributed by atoms with Crippen LogP contribution in [0.2, 0.25) is 0 Å². The number of nitrogens with one attached hydrogen (secondary N) is 2. The molecule has 2 N–H and O–H groups in total. The van der Waals surface area contributed by atoms with E-state index in [0.29, 0.717) is 50.7 Å². The Kier molecular flexibility index (Phi) is 7.11. The summed E-state index contributed by atoms with van der Waals surface area (Å²) in [5, 5.41) is 5.76. The fraction of sp³-hybridized carbons (Fsp3) is 0.409. The lowest BCUT2D eigenvalue weighted by Gasteiger charge is -2.34. The number of amides is 4. The van der Waals surface area contributed by atoms with E-state index in [9.17, 15) is 14.4 Å². The number of carbonyl (C=O) groups is 3. The topological polar surface area (TPSA) is 94.9 Å². The van der Waals surface area contributed by atoms with Gasteiger partial charge in [0.15, 0.2) is 5.76 Å². The van der Waals surface area contributed by atoms with Crippen LogP contribution in [-0.4, -0.2) is 53.8 Å². The first-order chi connectivity index (χ1) is 14.5. The van der Waals surface area contributed by atoms with E-state index >= 15 is 0 Å². The molecule has 0 unspecified atom stereocenters. The van der Waals surface area contributed by atoms with Crippen LogP contribution in [0.15, 0.2) is 40.8 Å². The molecule has 4 amide bonds. The maximum absolute atomic E-state index is 12.5. The van der Waals surface area contributed by atoms with Gasteiger partial charge < -0.3 is 24.9 Å². The fourth-order valence-corrected chi connectivity index (χ4v) is 3.32. The lowest BCUT2D eigenvalue weighted by Crippen LogP contribution is -2.53. The van der Waals surface area contributed by atoms with Gasteiger partial charge in [-0.2, -0.15) is 0 Å². The number of aryl methyl sites for hydroxylation is 1. The number of hydrogen-bond acceptors (Lipinski definition) is 4. The summed E-state index contributed by atoms with van der Waals surface area (Å²) in [5.74, 6) is 0.863. The standard InChI is InChI=1S/C22H28N4O4/c1-3-5-20(27)24-18-7-4-6-17(14-18)15-23-22(29)26-12-10-25(11-13-26)21(28)19-9-8-16(2)30-19/h4,6-9,14H,3,5,10-13,15H2,1-2H3,(H,23,29)(H,24,27). The van der Waals surface area contributed by atoms with E-state index in [1.807, 2.05) is 31.2 Å². The zero-order valence-electron chi connectivity index (χ0n) is 17.4. The van der Waals surface area contributed by atoms with E-state index in [2.05, 4.69) is 10.6 Å². The Bertz CT molecular complexity index is 900. The third-order valence-corrected chi connectivity index (χ3v) is 4.94. The predicted molar refractivity (Wildman–Crippen MR) is 113 cm³/mol. The first-order valence-electron chi connectivity index (χ1n) is 10.2. The second-order valence-corrected chi connectivity index (χ2v) is 7.35. The average molecular weight is 412 g/mol. The highest BCUT2D eigenvalue weighted by Gasteiger charge is 2.26. The first-order valence-corrected chi connectivity index (χ1v) is 10.2. The minimum Gasteiger partial charge on any atom is -0.456 e. The van der Waals surface area contributed by atoms with Crippen molar-refractivity contribution in [3.8, 4) is 0 Å². The number of carbonyl (C=O) groups excluding carboxylic acids is 3. The van der Waals surface area contributed by atoms with Gasteiger partial charge in [0, 0.05) is 44.8 Å². The van der Waals surface area contributed by atoms with Gasteiger partial charge in [-0.1, -0.05) is 19.1 Å². The first kappa shape index (κ1) is 21.4. The molecule has 160 valence electrons. The van der Waals surface area contributed by atoms with Crippen LogP contribution in [0.4, 0.5) is 10.5 Å². The van der Waals surface area contributed by atoms with Gasteiger partial charge in [-0.3, -0.25) is 9.59 Å². The van der Waals surface area contributed by atoms with E-state index in [1.54, 1.807) is 28.9 Å². The van der Waals surface area contributed by atoms with Crippen molar-refractivity contribution >= 4 is 23.5 Å². The van der Waals surface area contributed by atoms with E-state index < -0.39 is 0 Å². The normalized spacial score (nSPS) is 13.8. The lowest BCUT2D eigenvalue weighted by molar-refractivity contribution is -0.116. The molecule has 0 bridgehead atoms. The van der Waals surface area contributed by atoms with Crippen LogP contribution in [0.1, 0.15) is 41.6 Å². The molecule has 1 aromatic carbocycles. The van der Waals surface area contributed by atoms with E-state index in [0.717, 1.165) is 17.7 Å². The summed E-state index contributed by atoms with van der Waals surface area (Å²) in [6.07, 6.45) is 1.27. The van der Waals surface area contributed by atoms with Crippen molar-refractivity contribution in [1.82, 2.24) is 15.1 Å². The molecule has 2 aromatic rings. The number of rotatable bonds is 6. The molecular formula is C22H28N4O4. The zero-order valence-corrected chi connectivity index (χ0v) is 17.4. The SMILES string of the molecule is CCCC(=O)Nc1cccc(CNC(=O)N2CCN(C(=O)c3ccc(C)o3)CC2)c1. The Morgan fingerprint density at radius 3 is 2.43 bits per heavy atom. The van der Waals surface area contributed by atoms with Gasteiger partial charge in [0.1, 0.15) is 5.76 Å². The van der Waals surface area contributed by atoms with Gasteiger partial charge in [-0.25, -0.2) is 4.79 Å². The Morgan fingerprint density at radius 2 is 1.77 bits per heavy atom. The van der Waals surface area contributed by atoms with Crippen molar-refractivity contribution in [2.75, 3.05) is 31.5 Å². The maximum atomic E-state index is 12.5. The molecule has 0 saturated carbocycles. The van der Waals surface area contributed by atoms with E-state index in [1.165, 1.54) is 0 Å². The number of furan rings is 1. The summed E-state index contributed by atoms with van der Waals surface area (Å²) in [6, 6.07) is 10.7. The Hall–Kier alpha value is -3.29. The number of anilines is 1. The molecule has 1 aliphatic heterocycles. The Morgan fingerprint density at radius 1 is 1.03 bits per heavy atom. The summed E-state index contributed by atoms with van der Waals surface area (Å²) in [5.41, 5.74) is 1.63. The van der Waals surface area contributed by atoms with Crippen LogP contribution >= 0.6 is 0 Å². The minimum absolute atomic E-state index is 0.0178. The van der Waals surface area contributed by atoms with Crippen molar-refractivity contribution in [1.29, 1.82) is 0 Å². The second-order valence-electron chi connectivity index (χ2n) is 7.35. The Balaban J connectivity index is 1.46. The van der Waals surface area contributed by atoms with Gasteiger partial charge in [-0.15, -0.1) is 0 Å². The molecule has 8 nitrogen and oxygen atoms in total. The highest BCUT2D eigenvalue weighted by molar-refractivity contribution is 5.92. The molecule has 30 heavy (non-hydrogen) atoms. The highest BCUT2D eigenvalue weighted by Crippen LogP contribution is 2.13. The lowest BCUT2D eigenvalue weighted by atomic mass is 10.2. The summed E-state index contributed by atoms with van der Waals surface area (Å²) in [6.45, 7) is 5.97. The number of piperazine rings is 1. The molecule has 3 rings (SSSR count). The molecule has 1 fully saturated rings. The van der Waals surface area contributed by atoms with Gasteiger partial charge in [-0.05, 0) is 43.2 Å². The van der Waals surface area contributed by atoms with Gasteiger partial charge in [0.2, 0.25) is 5.91 Å². The Labute approximate surface area is 176 Å². The zero-order chi connectivity index (χ0) is 21.5. The summed E-state index contributed by atoms with van der Waals surface area (Å²) in [4.78, 5) is 40.1. The number of benzene rings is 1. The van der Waals surface area contributed by atoms with Crippen LogP contribution in [0.5, 0.6) is 0 Å². The van der Waals surface area contributed by atoms with Crippen LogP contribution in [0.25, 0.3) is 0 Å². The predicted octanol–water partition coefficient (Wildman–Crippen LogP) is 2.99. The molecule has 0 aliphatic carbocycles. The average Bonchev–Trinajstić information content (AvgIpc) is 3.18. The molecule has 0 radical (unpaired) electrons. The van der Waals surface area contributed by atoms with Crippen molar-refractivity contribution in [3.05, 3.63) is 53.5 Å². The van der Waals surface area contributed by atoms with Crippen LogP contribution in [0, 0.1) is 6.92 Å². The molecule has 0 atom stereocenters. The number of nitrogens with zero attached hydrogens (tertiary/aromatic N) is 2. The number of hydrogen-bond donors (Lipinski definition) is 2. The molecule has 1 saturated heterocycles. The van der Waals surface area contributed by atoms with Crippen molar-refractivity contribution < 1.29 is 18.8 Å². The smallest absolute Gasteiger partial charge is 0.317 e. The maximum Gasteiger partial charge on any atom is 0.317 e. The summed E-state index contributed by atoms with van der Waals surface area (Å²) >= 11 is 0. The van der Waals surface area contributed by atoms with Crippen molar-refractivity contribution in [2.45, 2.75) is 33.2 Å². The highest BCUT2D eigenvalue weighted by atomic mass is 16.3. The van der Waals surface area contributed by atoms with Crippen LogP contribution in [0.3, 0.4) is 0 Å². The largest absolute Gasteiger partial charge is 0.456 e. The fourth-order valence-electron chi connectivity index (χ4n) is 3.32. The third kappa shape index (κ3) is 5.62. The van der Waals surface area contributed by atoms with E-state index in [4.69, 9.17) is 4.42 Å². The van der Waals surface area contributed by atoms with Crippen molar-refractivity contribution in [2.24, 2.45) is 0 Å². The van der Waals surface area contributed by atoms with E-state index in [-0.39, 0.29) is 17.8 Å². The number of urea groups is 1. The second kappa shape index (κ2) is 9.96. The van der Waals surface area contributed by atoms with Crippen LogP contribution < -0.4 is 10.6 Å². The molecule has 8 heteroatoms. The van der Waals surface area contributed by atoms with Gasteiger partial charge >= 0.3 is 6.03 Å². The molecular weight excluding hydrogens is 384 g/mol. The quantitative estimate of drug-likeness (QED) is 0.763. The third-order valence-electron chi connectivity index (χ3n) is 4.94. The molecule has 0 spiro atoms. The monoisotopic (exact) mass is 412 g/mol. The van der Waals surface area contributed by atoms with Gasteiger partial charge in [0.25, 0.3) is 5.91 Å². The molecule has 1 aromatic heterocycles. The van der Waals surface area contributed by atoms with Gasteiger partial charge in [0.05, 0.1) is 0 Å². The summed E-state index contributed by atoms with van der Waals surface area (Å²) in [7, 11) is 0.